The maximum atomic E-state index is 11.2. The number of nitrogens with zero attached hydrogens (tertiary/aromatic N) is 2. The zero-order valence-electron chi connectivity index (χ0n) is 6.94. The third kappa shape index (κ3) is 0.942. The molecule has 0 unspecified atom stereocenters. The van der Waals surface area contributed by atoms with Crippen LogP contribution in [-0.4, -0.2) is 4.74 Å². The minimum absolute atomic E-state index is 0.354. The molecule has 2 aromatic rings. The predicted molar refractivity (Wildman–Crippen MR) is 46.2 cm³/mol. The fourth-order valence-electron chi connectivity index (χ4n) is 1.33. The van der Waals surface area contributed by atoms with Crippen LogP contribution in [0.25, 0.3) is 10.9 Å². The van der Waals surface area contributed by atoms with Crippen molar-refractivity contribution in [1.82, 2.24) is 4.74 Å². The number of rotatable bonds is 0. The Hall–Kier alpha value is -2.02. The van der Waals surface area contributed by atoms with E-state index in [2.05, 4.69) is 0 Å². The van der Waals surface area contributed by atoms with Gasteiger partial charge in [0.05, 0.1) is 11.1 Å². The molecule has 0 saturated carbocycles. The summed E-state index contributed by atoms with van der Waals surface area (Å²) in [5, 5.41) is 9.08. The molecular weight excluding hydrogens is 168 g/mol. The Bertz CT molecular complexity index is 557. The van der Waals surface area contributed by atoms with E-state index in [0.717, 1.165) is 0 Å². The lowest BCUT2D eigenvalue weighted by Gasteiger charge is -1.91. The summed E-state index contributed by atoms with van der Waals surface area (Å²) in [4.78, 5) is 11.2. The molecule has 4 heteroatoms. The van der Waals surface area contributed by atoms with Crippen LogP contribution in [0, 0.1) is 11.3 Å². The summed E-state index contributed by atoms with van der Waals surface area (Å²) in [5.74, 6) is 0. The fourth-order valence-corrected chi connectivity index (χ4v) is 1.33. The van der Waals surface area contributed by atoms with Crippen LogP contribution in [0.2, 0.25) is 0 Å². The lowest BCUT2D eigenvalue weighted by atomic mass is 10.1. The van der Waals surface area contributed by atoms with Crippen LogP contribution < -0.4 is 5.63 Å². The van der Waals surface area contributed by atoms with Gasteiger partial charge in [0, 0.05) is 7.05 Å². The van der Waals surface area contributed by atoms with Crippen molar-refractivity contribution >= 4 is 10.9 Å². The molecule has 0 aliphatic heterocycles. The van der Waals surface area contributed by atoms with Crippen LogP contribution in [0.4, 0.5) is 0 Å². The number of aryl methyl sites for hydroxylation is 1. The van der Waals surface area contributed by atoms with E-state index in [9.17, 15) is 4.79 Å². The lowest BCUT2D eigenvalue weighted by molar-refractivity contribution is 0.296. The van der Waals surface area contributed by atoms with E-state index >= 15 is 0 Å². The van der Waals surface area contributed by atoms with Gasteiger partial charge in [-0.25, -0.2) is 9.53 Å². The van der Waals surface area contributed by atoms with Crippen LogP contribution >= 0.6 is 0 Å². The van der Waals surface area contributed by atoms with Gasteiger partial charge in [-0.3, -0.25) is 0 Å². The number of aromatic nitrogens is 1. The van der Waals surface area contributed by atoms with Gasteiger partial charge < -0.3 is 4.52 Å². The topological polar surface area (TPSA) is 58.9 Å². The van der Waals surface area contributed by atoms with E-state index in [4.69, 9.17) is 9.78 Å². The Kier molecular flexibility index (Phi) is 1.46. The summed E-state index contributed by atoms with van der Waals surface area (Å²) in [7, 11) is 1.63. The van der Waals surface area contributed by atoms with E-state index in [0.29, 0.717) is 16.5 Å². The third-order valence-corrected chi connectivity index (χ3v) is 1.93. The number of hydrogen-bond donors (Lipinski definition) is 0. The fraction of sp³-hybridized carbons (Fsp3) is 0.111. The first-order chi connectivity index (χ1) is 6.24. The molecule has 0 atom stereocenters. The molecule has 2 rings (SSSR count). The van der Waals surface area contributed by atoms with E-state index in [1.807, 2.05) is 6.07 Å². The molecule has 0 amide bonds. The highest BCUT2D eigenvalue weighted by Gasteiger charge is 2.09. The summed E-state index contributed by atoms with van der Waals surface area (Å²) < 4.78 is 6.18. The minimum atomic E-state index is -0.463. The number of benzene rings is 1. The van der Waals surface area contributed by atoms with Crippen molar-refractivity contribution in [1.29, 1.82) is 5.26 Å². The van der Waals surface area contributed by atoms with Gasteiger partial charge in [0.1, 0.15) is 11.5 Å². The van der Waals surface area contributed by atoms with E-state index < -0.39 is 5.63 Å². The Balaban J connectivity index is 3.08. The van der Waals surface area contributed by atoms with Crippen molar-refractivity contribution in [3.8, 4) is 6.07 Å². The lowest BCUT2D eigenvalue weighted by Crippen LogP contribution is -1.93. The SMILES string of the molecule is Cn1oc(=O)c2c(C#N)cccc21. The monoisotopic (exact) mass is 174 g/mol. The average Bonchev–Trinajstić information content (AvgIpc) is 2.43. The number of hydrogen-bond acceptors (Lipinski definition) is 3. The molecule has 0 spiro atoms. The maximum Gasteiger partial charge on any atom is 0.366 e. The summed E-state index contributed by atoms with van der Waals surface area (Å²) in [6.45, 7) is 0. The van der Waals surface area contributed by atoms with E-state index in [1.54, 1.807) is 25.2 Å². The van der Waals surface area contributed by atoms with Gasteiger partial charge in [-0.15, -0.1) is 0 Å². The summed E-state index contributed by atoms with van der Waals surface area (Å²) in [5.41, 5.74) is 0.533. The summed E-state index contributed by atoms with van der Waals surface area (Å²) in [6.07, 6.45) is 0. The van der Waals surface area contributed by atoms with Crippen LogP contribution in [-0.2, 0) is 7.05 Å². The molecule has 1 aromatic heterocycles. The molecule has 0 fully saturated rings. The zero-order chi connectivity index (χ0) is 9.42. The second kappa shape index (κ2) is 2.49. The summed E-state index contributed by atoms with van der Waals surface area (Å²) in [6, 6.07) is 7.00. The molecular formula is C9H6N2O2. The third-order valence-electron chi connectivity index (χ3n) is 1.93. The quantitative estimate of drug-likeness (QED) is 0.598. The first kappa shape index (κ1) is 7.62. The average molecular weight is 174 g/mol. The smallest absolute Gasteiger partial charge is 0.335 e. The molecule has 4 nitrogen and oxygen atoms in total. The first-order valence-electron chi connectivity index (χ1n) is 3.73. The molecule has 13 heavy (non-hydrogen) atoms. The van der Waals surface area contributed by atoms with Gasteiger partial charge in [-0.1, -0.05) is 6.07 Å². The van der Waals surface area contributed by atoms with Crippen LogP contribution in [0.5, 0.6) is 0 Å². The molecule has 1 aromatic carbocycles. The normalized spacial score (nSPS) is 10.2. The number of fused-ring (bicyclic) bond motifs is 1. The molecule has 1 heterocycles. The molecule has 0 bridgehead atoms. The molecule has 0 aliphatic carbocycles. The van der Waals surface area contributed by atoms with Crippen LogP contribution in [0.3, 0.4) is 0 Å². The second-order valence-electron chi connectivity index (χ2n) is 2.69. The van der Waals surface area contributed by atoms with E-state index in [1.165, 1.54) is 4.74 Å². The van der Waals surface area contributed by atoms with Gasteiger partial charge in [0.2, 0.25) is 0 Å². The van der Waals surface area contributed by atoms with Crippen molar-refractivity contribution in [2.75, 3.05) is 0 Å². The molecule has 64 valence electrons. The first-order valence-corrected chi connectivity index (χ1v) is 3.73. The van der Waals surface area contributed by atoms with Gasteiger partial charge >= 0.3 is 5.63 Å². The predicted octanol–water partition coefficient (Wildman–Crippen LogP) is 1.00. The largest absolute Gasteiger partial charge is 0.366 e. The van der Waals surface area contributed by atoms with Gasteiger partial charge in [-0.05, 0) is 12.1 Å². The Morgan fingerprint density at radius 1 is 1.54 bits per heavy atom. The van der Waals surface area contributed by atoms with Crippen LogP contribution in [0.1, 0.15) is 5.56 Å². The van der Waals surface area contributed by atoms with Crippen molar-refractivity contribution in [3.05, 3.63) is 34.2 Å². The van der Waals surface area contributed by atoms with Crippen molar-refractivity contribution in [3.63, 3.8) is 0 Å². The highest BCUT2D eigenvalue weighted by molar-refractivity contribution is 5.83. The second-order valence-corrected chi connectivity index (χ2v) is 2.69. The summed E-state index contributed by atoms with van der Waals surface area (Å²) >= 11 is 0. The Labute approximate surface area is 73.6 Å². The Morgan fingerprint density at radius 2 is 2.31 bits per heavy atom. The van der Waals surface area contributed by atoms with Crippen molar-refractivity contribution < 1.29 is 4.52 Å². The van der Waals surface area contributed by atoms with Gasteiger partial charge in [0.15, 0.2) is 0 Å². The highest BCUT2D eigenvalue weighted by atomic mass is 16.5. The van der Waals surface area contributed by atoms with E-state index in [-0.39, 0.29) is 0 Å². The van der Waals surface area contributed by atoms with Crippen molar-refractivity contribution in [2.24, 2.45) is 7.05 Å². The van der Waals surface area contributed by atoms with Gasteiger partial charge in [0.25, 0.3) is 0 Å². The number of nitriles is 1. The highest BCUT2D eigenvalue weighted by Crippen LogP contribution is 2.13. The Morgan fingerprint density at radius 3 is 3.00 bits per heavy atom. The zero-order valence-corrected chi connectivity index (χ0v) is 6.94. The maximum absolute atomic E-state index is 11.2. The molecule has 0 radical (unpaired) electrons. The minimum Gasteiger partial charge on any atom is -0.335 e. The molecule has 0 aliphatic rings. The standard InChI is InChI=1S/C9H6N2O2/c1-11-7-4-2-3-6(5-10)8(7)9(12)13-11/h2-4H,1H3. The van der Waals surface area contributed by atoms with Gasteiger partial charge in [-0.2, -0.15) is 5.26 Å². The molecule has 0 N–H and O–H groups in total. The molecule has 0 saturated heterocycles. The van der Waals surface area contributed by atoms with Crippen LogP contribution in [0.15, 0.2) is 27.5 Å². The van der Waals surface area contributed by atoms with Crippen molar-refractivity contribution in [2.45, 2.75) is 0 Å².